The van der Waals surface area contributed by atoms with E-state index >= 15 is 0 Å². The van der Waals surface area contributed by atoms with Crippen LogP contribution in [0.1, 0.15) is 26.7 Å². The molecule has 0 radical (unpaired) electrons. The standard InChI is InChI=1S/C11H20N2O2/c1-11(2)6-9(11)13-10(14)5-8-7-12-3-4-15-8/h8-9,12H,3-7H2,1-2H3,(H,13,14). The molecule has 0 aromatic rings. The Morgan fingerprint density at radius 2 is 2.33 bits per heavy atom. The summed E-state index contributed by atoms with van der Waals surface area (Å²) in [5.74, 6) is 0.124. The van der Waals surface area contributed by atoms with E-state index in [0.717, 1.165) is 19.5 Å². The molecule has 1 heterocycles. The number of amides is 1. The summed E-state index contributed by atoms with van der Waals surface area (Å²) in [4.78, 5) is 11.6. The molecule has 1 saturated heterocycles. The van der Waals surface area contributed by atoms with Gasteiger partial charge < -0.3 is 15.4 Å². The van der Waals surface area contributed by atoms with Crippen molar-refractivity contribution < 1.29 is 9.53 Å². The zero-order valence-electron chi connectivity index (χ0n) is 9.51. The van der Waals surface area contributed by atoms with Crippen LogP contribution < -0.4 is 10.6 Å². The summed E-state index contributed by atoms with van der Waals surface area (Å²) in [6, 6.07) is 0.376. The van der Waals surface area contributed by atoms with E-state index in [-0.39, 0.29) is 12.0 Å². The zero-order chi connectivity index (χ0) is 10.9. The monoisotopic (exact) mass is 212 g/mol. The molecule has 1 saturated carbocycles. The minimum Gasteiger partial charge on any atom is -0.375 e. The maximum absolute atomic E-state index is 11.6. The van der Waals surface area contributed by atoms with E-state index in [2.05, 4.69) is 24.5 Å². The molecule has 2 fully saturated rings. The predicted octanol–water partition coefficient (Wildman–Crippen LogP) is 0.280. The van der Waals surface area contributed by atoms with Crippen molar-refractivity contribution >= 4 is 5.91 Å². The van der Waals surface area contributed by atoms with Crippen LogP contribution in [0.4, 0.5) is 0 Å². The maximum atomic E-state index is 11.6. The van der Waals surface area contributed by atoms with Gasteiger partial charge in [0.2, 0.25) is 5.91 Å². The summed E-state index contributed by atoms with van der Waals surface area (Å²) >= 11 is 0. The molecule has 1 aliphatic carbocycles. The molecule has 0 aromatic carbocycles. The SMILES string of the molecule is CC1(C)CC1NC(=O)CC1CNCCO1. The molecule has 2 aliphatic rings. The summed E-state index contributed by atoms with van der Waals surface area (Å²) in [6.45, 7) is 6.76. The van der Waals surface area contributed by atoms with Crippen LogP contribution in [0, 0.1) is 5.41 Å². The lowest BCUT2D eigenvalue weighted by Gasteiger charge is -2.23. The van der Waals surface area contributed by atoms with Crippen molar-refractivity contribution in [2.75, 3.05) is 19.7 Å². The molecule has 1 aliphatic heterocycles. The smallest absolute Gasteiger partial charge is 0.222 e. The van der Waals surface area contributed by atoms with Crippen LogP contribution in [0.3, 0.4) is 0 Å². The lowest BCUT2D eigenvalue weighted by molar-refractivity contribution is -0.124. The first-order valence-electron chi connectivity index (χ1n) is 5.69. The molecule has 2 rings (SSSR count). The number of ether oxygens (including phenoxy) is 1. The van der Waals surface area contributed by atoms with Gasteiger partial charge in [-0.15, -0.1) is 0 Å². The lowest BCUT2D eigenvalue weighted by Crippen LogP contribution is -2.42. The van der Waals surface area contributed by atoms with Crippen LogP contribution in [0.5, 0.6) is 0 Å². The first kappa shape index (κ1) is 10.9. The predicted molar refractivity (Wildman–Crippen MR) is 57.6 cm³/mol. The van der Waals surface area contributed by atoms with Gasteiger partial charge in [0, 0.05) is 19.1 Å². The van der Waals surface area contributed by atoms with Crippen molar-refractivity contribution in [1.29, 1.82) is 0 Å². The molecule has 0 aromatic heterocycles. The molecular weight excluding hydrogens is 192 g/mol. The number of carbonyl (C=O) groups excluding carboxylic acids is 1. The minimum atomic E-state index is 0.0561. The van der Waals surface area contributed by atoms with Crippen molar-refractivity contribution in [3.05, 3.63) is 0 Å². The van der Waals surface area contributed by atoms with E-state index in [1.54, 1.807) is 0 Å². The topological polar surface area (TPSA) is 50.4 Å². The summed E-state index contributed by atoms with van der Waals surface area (Å²) in [6.07, 6.45) is 1.64. The van der Waals surface area contributed by atoms with Crippen LogP contribution in [-0.4, -0.2) is 37.7 Å². The summed E-state index contributed by atoms with van der Waals surface area (Å²) in [5, 5.41) is 6.27. The second-order valence-corrected chi connectivity index (χ2v) is 5.21. The Kier molecular flexibility index (Phi) is 2.98. The average Bonchev–Trinajstić information content (AvgIpc) is 2.74. The number of carbonyl (C=O) groups is 1. The van der Waals surface area contributed by atoms with Gasteiger partial charge in [0.15, 0.2) is 0 Å². The molecule has 0 spiro atoms. The molecule has 2 N–H and O–H groups in total. The molecule has 2 unspecified atom stereocenters. The van der Waals surface area contributed by atoms with Crippen molar-refractivity contribution in [2.45, 2.75) is 38.8 Å². The van der Waals surface area contributed by atoms with Gasteiger partial charge in [-0.1, -0.05) is 13.8 Å². The number of rotatable bonds is 3. The molecule has 4 heteroatoms. The van der Waals surface area contributed by atoms with Crippen molar-refractivity contribution in [1.82, 2.24) is 10.6 Å². The van der Waals surface area contributed by atoms with Gasteiger partial charge >= 0.3 is 0 Å². The Bertz CT molecular complexity index is 247. The first-order valence-corrected chi connectivity index (χ1v) is 5.69. The maximum Gasteiger partial charge on any atom is 0.222 e. The summed E-state index contributed by atoms with van der Waals surface area (Å²) in [7, 11) is 0. The fraction of sp³-hybridized carbons (Fsp3) is 0.909. The minimum absolute atomic E-state index is 0.0561. The van der Waals surface area contributed by atoms with Crippen LogP contribution in [0.15, 0.2) is 0 Å². The lowest BCUT2D eigenvalue weighted by atomic mass is 10.2. The van der Waals surface area contributed by atoms with Gasteiger partial charge in [0.05, 0.1) is 19.1 Å². The van der Waals surface area contributed by atoms with Crippen molar-refractivity contribution in [2.24, 2.45) is 5.41 Å². The highest BCUT2D eigenvalue weighted by Crippen LogP contribution is 2.44. The average molecular weight is 212 g/mol. The second kappa shape index (κ2) is 4.10. The Morgan fingerprint density at radius 3 is 2.87 bits per heavy atom. The van der Waals surface area contributed by atoms with Gasteiger partial charge in [0.25, 0.3) is 0 Å². The molecule has 15 heavy (non-hydrogen) atoms. The van der Waals surface area contributed by atoms with E-state index in [1.807, 2.05) is 0 Å². The second-order valence-electron chi connectivity index (χ2n) is 5.21. The van der Waals surface area contributed by atoms with Crippen LogP contribution in [0.2, 0.25) is 0 Å². The van der Waals surface area contributed by atoms with E-state index in [1.165, 1.54) is 0 Å². The van der Waals surface area contributed by atoms with E-state index in [4.69, 9.17) is 4.74 Å². The third kappa shape index (κ3) is 2.92. The Balaban J connectivity index is 1.68. The fourth-order valence-corrected chi connectivity index (χ4v) is 1.92. The van der Waals surface area contributed by atoms with E-state index in [9.17, 15) is 4.79 Å². The zero-order valence-corrected chi connectivity index (χ0v) is 9.51. The van der Waals surface area contributed by atoms with Crippen LogP contribution >= 0.6 is 0 Å². The molecule has 1 amide bonds. The number of hydrogen-bond acceptors (Lipinski definition) is 3. The van der Waals surface area contributed by atoms with Gasteiger partial charge in [-0.05, 0) is 11.8 Å². The van der Waals surface area contributed by atoms with Gasteiger partial charge in [-0.3, -0.25) is 4.79 Å². The van der Waals surface area contributed by atoms with Crippen molar-refractivity contribution in [3.63, 3.8) is 0 Å². The number of morpholine rings is 1. The summed E-state index contributed by atoms with van der Waals surface area (Å²) < 4.78 is 5.48. The number of nitrogens with one attached hydrogen (secondary N) is 2. The summed E-state index contributed by atoms with van der Waals surface area (Å²) in [5.41, 5.74) is 0.307. The number of hydrogen-bond donors (Lipinski definition) is 2. The quantitative estimate of drug-likeness (QED) is 0.706. The highest BCUT2D eigenvalue weighted by molar-refractivity contribution is 5.77. The van der Waals surface area contributed by atoms with Gasteiger partial charge in [-0.2, -0.15) is 0 Å². The van der Waals surface area contributed by atoms with Crippen LogP contribution in [-0.2, 0) is 9.53 Å². The van der Waals surface area contributed by atoms with Gasteiger partial charge in [0.1, 0.15) is 0 Å². The Hall–Kier alpha value is -0.610. The van der Waals surface area contributed by atoms with Gasteiger partial charge in [-0.25, -0.2) is 0 Å². The Morgan fingerprint density at radius 1 is 1.60 bits per heavy atom. The molecule has 4 nitrogen and oxygen atoms in total. The third-order valence-electron chi connectivity index (χ3n) is 3.27. The third-order valence-corrected chi connectivity index (χ3v) is 3.27. The highest BCUT2D eigenvalue weighted by Gasteiger charge is 2.46. The fourth-order valence-electron chi connectivity index (χ4n) is 1.92. The molecule has 86 valence electrons. The van der Waals surface area contributed by atoms with Crippen molar-refractivity contribution in [3.8, 4) is 0 Å². The highest BCUT2D eigenvalue weighted by atomic mass is 16.5. The largest absolute Gasteiger partial charge is 0.375 e. The van der Waals surface area contributed by atoms with Crippen LogP contribution in [0.25, 0.3) is 0 Å². The molecular formula is C11H20N2O2. The first-order chi connectivity index (χ1) is 7.08. The Labute approximate surface area is 90.8 Å². The van der Waals surface area contributed by atoms with E-state index in [0.29, 0.717) is 24.5 Å². The van der Waals surface area contributed by atoms with E-state index < -0.39 is 0 Å². The molecule has 0 bridgehead atoms. The molecule has 2 atom stereocenters. The normalized spacial score (nSPS) is 33.5.